The summed E-state index contributed by atoms with van der Waals surface area (Å²) in [5.74, 6) is -6.92. The number of amides is 2. The van der Waals surface area contributed by atoms with Crippen LogP contribution in [0, 0.1) is 5.92 Å². The molecule has 0 saturated carbocycles. The number of aliphatic hydroxyl groups excluding tert-OH is 1. The number of ether oxygens (including phenoxy) is 2. The van der Waals surface area contributed by atoms with E-state index in [9.17, 15) is 34.2 Å². The molecule has 37 heavy (non-hydrogen) atoms. The normalized spacial score (nSPS) is 13.8. The Kier molecular flexibility index (Phi) is 11.2. The number of carbonyl (C=O) groups is 5. The van der Waals surface area contributed by atoms with Crippen LogP contribution in [0.4, 0.5) is 0 Å². The van der Waals surface area contributed by atoms with Crippen LogP contribution in [-0.4, -0.2) is 65.3 Å². The van der Waals surface area contributed by atoms with Crippen LogP contribution in [-0.2, 0) is 28.7 Å². The summed E-state index contributed by atoms with van der Waals surface area (Å²) in [5.41, 5.74) is 0.644. The Balaban J connectivity index is 2.32. The molecule has 0 aliphatic carbocycles. The summed E-state index contributed by atoms with van der Waals surface area (Å²) < 4.78 is 9.71. The molecule has 11 heteroatoms. The van der Waals surface area contributed by atoms with Gasteiger partial charge in [-0.05, 0) is 31.5 Å². The third kappa shape index (κ3) is 8.43. The average molecular weight is 515 g/mol. The summed E-state index contributed by atoms with van der Waals surface area (Å²) in [5, 5.41) is 25.4. The molecule has 0 heterocycles. The molecule has 0 spiro atoms. The summed E-state index contributed by atoms with van der Waals surface area (Å²) in [6, 6.07) is 13.0. The molecule has 0 aromatic heterocycles. The van der Waals surface area contributed by atoms with Gasteiger partial charge in [0.05, 0.1) is 31.6 Å². The van der Waals surface area contributed by atoms with E-state index < -0.39 is 60.2 Å². The number of hydrogen-bond acceptors (Lipinski definition) is 8. The average Bonchev–Trinajstić information content (AvgIpc) is 2.89. The Morgan fingerprint density at radius 3 is 1.95 bits per heavy atom. The number of carboxylic acids is 1. The first-order valence-electron chi connectivity index (χ1n) is 11.6. The fourth-order valence-corrected chi connectivity index (χ4v) is 3.53. The first kappa shape index (κ1) is 29.0. The first-order valence-corrected chi connectivity index (χ1v) is 11.6. The Hall–Kier alpha value is -4.25. The van der Waals surface area contributed by atoms with Gasteiger partial charge in [0.15, 0.2) is 6.10 Å². The zero-order chi connectivity index (χ0) is 27.4. The fraction of sp³-hybridized carbons (Fsp3) is 0.346. The predicted molar refractivity (Wildman–Crippen MR) is 130 cm³/mol. The minimum absolute atomic E-state index is 0.00292. The summed E-state index contributed by atoms with van der Waals surface area (Å²) >= 11 is 0. The largest absolute Gasteiger partial charge is 0.480 e. The topological polar surface area (TPSA) is 168 Å². The monoisotopic (exact) mass is 514 g/mol. The van der Waals surface area contributed by atoms with Gasteiger partial charge in [0.2, 0.25) is 0 Å². The van der Waals surface area contributed by atoms with Crippen molar-refractivity contribution in [3.8, 4) is 0 Å². The second-order valence-corrected chi connectivity index (χ2v) is 7.86. The first-order chi connectivity index (χ1) is 17.7. The smallest absolute Gasteiger partial charge is 0.327 e. The summed E-state index contributed by atoms with van der Waals surface area (Å²) in [4.78, 5) is 62.3. The Labute approximate surface area is 213 Å². The van der Waals surface area contributed by atoms with Crippen molar-refractivity contribution < 1.29 is 43.7 Å². The molecule has 0 saturated heterocycles. The van der Waals surface area contributed by atoms with Gasteiger partial charge in [0.25, 0.3) is 11.8 Å². The lowest BCUT2D eigenvalue weighted by Gasteiger charge is -2.27. The van der Waals surface area contributed by atoms with Crippen molar-refractivity contribution in [1.82, 2.24) is 10.6 Å². The van der Waals surface area contributed by atoms with E-state index in [-0.39, 0.29) is 18.8 Å². The molecule has 0 aliphatic heterocycles. The number of carboxylic acid groups (broad SMARTS) is 1. The summed E-state index contributed by atoms with van der Waals surface area (Å²) in [7, 11) is 0. The second-order valence-electron chi connectivity index (χ2n) is 7.86. The van der Waals surface area contributed by atoms with E-state index in [1.807, 2.05) is 0 Å². The van der Waals surface area contributed by atoms with Crippen LogP contribution < -0.4 is 10.6 Å². The molecule has 4 atom stereocenters. The second kappa shape index (κ2) is 14.3. The van der Waals surface area contributed by atoms with Crippen LogP contribution in [0.1, 0.15) is 42.2 Å². The third-order valence-corrected chi connectivity index (χ3v) is 5.31. The van der Waals surface area contributed by atoms with E-state index in [4.69, 9.17) is 9.47 Å². The zero-order valence-corrected chi connectivity index (χ0v) is 20.5. The quantitative estimate of drug-likeness (QED) is 0.287. The van der Waals surface area contributed by atoms with Crippen LogP contribution in [0.15, 0.2) is 60.7 Å². The van der Waals surface area contributed by atoms with E-state index in [0.717, 1.165) is 0 Å². The summed E-state index contributed by atoms with van der Waals surface area (Å²) in [6.45, 7) is 2.94. The summed E-state index contributed by atoms with van der Waals surface area (Å²) in [6.07, 6.45) is -2.63. The molecule has 0 unspecified atom stereocenters. The van der Waals surface area contributed by atoms with E-state index in [1.54, 1.807) is 60.7 Å². The third-order valence-electron chi connectivity index (χ3n) is 5.31. The molecule has 0 bridgehead atoms. The Morgan fingerprint density at radius 1 is 0.838 bits per heavy atom. The van der Waals surface area contributed by atoms with Gasteiger partial charge in [0.1, 0.15) is 6.04 Å². The van der Waals surface area contributed by atoms with Crippen LogP contribution in [0.3, 0.4) is 0 Å². The molecule has 0 fully saturated rings. The minimum atomic E-state index is -1.96. The van der Waals surface area contributed by atoms with E-state index >= 15 is 0 Å². The molecule has 4 N–H and O–H groups in total. The maximum atomic E-state index is 13.0. The fourth-order valence-electron chi connectivity index (χ4n) is 3.53. The molecule has 2 amide bonds. The van der Waals surface area contributed by atoms with Crippen LogP contribution in [0.25, 0.3) is 0 Å². The van der Waals surface area contributed by atoms with Gasteiger partial charge in [-0.1, -0.05) is 48.5 Å². The van der Waals surface area contributed by atoms with Crippen LogP contribution in [0.5, 0.6) is 0 Å². The standard InChI is InChI=1S/C26H30N2O9/c1-3-36-19(29)15-18(26(35)37-4-2)21(25(33)34)28-24(32)22(30)20(16-11-7-5-8-12-16)27-23(31)17-13-9-6-10-14-17/h5-14,18,20-22,30H,3-4,15H2,1-2H3,(H,27,31)(H,28,32)(H,33,34)/t18-,20+,21+,22-/m1/s1. The van der Waals surface area contributed by atoms with E-state index in [1.165, 1.54) is 13.8 Å². The molecule has 0 radical (unpaired) electrons. The highest BCUT2D eigenvalue weighted by molar-refractivity contribution is 5.96. The highest BCUT2D eigenvalue weighted by Crippen LogP contribution is 2.20. The van der Waals surface area contributed by atoms with Gasteiger partial charge >= 0.3 is 17.9 Å². The van der Waals surface area contributed by atoms with Crippen molar-refractivity contribution in [2.45, 2.75) is 38.5 Å². The molecule has 198 valence electrons. The van der Waals surface area contributed by atoms with E-state index in [0.29, 0.717) is 5.56 Å². The lowest BCUT2D eigenvalue weighted by Crippen LogP contribution is -2.54. The van der Waals surface area contributed by atoms with Gasteiger partial charge in [-0.25, -0.2) is 4.79 Å². The number of rotatable bonds is 13. The predicted octanol–water partition coefficient (Wildman–Crippen LogP) is 1.22. The van der Waals surface area contributed by atoms with Crippen LogP contribution in [0.2, 0.25) is 0 Å². The van der Waals surface area contributed by atoms with Crippen LogP contribution >= 0.6 is 0 Å². The highest BCUT2D eigenvalue weighted by atomic mass is 16.5. The van der Waals surface area contributed by atoms with Crippen molar-refractivity contribution in [2.75, 3.05) is 13.2 Å². The molecule has 2 aromatic carbocycles. The molecule has 0 aliphatic rings. The Morgan fingerprint density at radius 2 is 1.41 bits per heavy atom. The maximum absolute atomic E-state index is 13.0. The molecular formula is C26H30N2O9. The SMILES string of the molecule is CCOC(=O)C[C@@H](C(=O)OCC)[C@H](NC(=O)[C@H](O)[C@@H](NC(=O)c1ccccc1)c1ccccc1)C(=O)O. The molecule has 2 rings (SSSR count). The van der Waals surface area contributed by atoms with Crippen molar-refractivity contribution in [3.63, 3.8) is 0 Å². The van der Waals surface area contributed by atoms with Gasteiger partial charge < -0.3 is 30.3 Å². The number of aliphatic hydroxyl groups is 1. The van der Waals surface area contributed by atoms with Gasteiger partial charge in [-0.15, -0.1) is 0 Å². The lowest BCUT2D eigenvalue weighted by atomic mass is 9.94. The lowest BCUT2D eigenvalue weighted by molar-refractivity contribution is -0.160. The number of nitrogens with one attached hydrogen (secondary N) is 2. The molecular weight excluding hydrogens is 484 g/mol. The highest BCUT2D eigenvalue weighted by Gasteiger charge is 2.40. The number of esters is 2. The van der Waals surface area contributed by atoms with Crippen molar-refractivity contribution >= 4 is 29.7 Å². The van der Waals surface area contributed by atoms with Gasteiger partial charge in [-0.2, -0.15) is 0 Å². The zero-order valence-electron chi connectivity index (χ0n) is 20.5. The van der Waals surface area contributed by atoms with Crippen molar-refractivity contribution in [2.24, 2.45) is 5.92 Å². The number of benzene rings is 2. The van der Waals surface area contributed by atoms with E-state index in [2.05, 4.69) is 10.6 Å². The molecule has 11 nitrogen and oxygen atoms in total. The molecule has 2 aromatic rings. The minimum Gasteiger partial charge on any atom is -0.480 e. The van der Waals surface area contributed by atoms with Gasteiger partial charge in [-0.3, -0.25) is 19.2 Å². The van der Waals surface area contributed by atoms with Crippen molar-refractivity contribution in [1.29, 1.82) is 0 Å². The number of hydrogen-bond donors (Lipinski definition) is 4. The number of carbonyl (C=O) groups excluding carboxylic acids is 4. The Bertz CT molecular complexity index is 1080. The van der Waals surface area contributed by atoms with Crippen molar-refractivity contribution in [3.05, 3.63) is 71.8 Å². The van der Waals surface area contributed by atoms with Gasteiger partial charge in [0, 0.05) is 5.56 Å². The number of aliphatic carboxylic acids is 1. The maximum Gasteiger partial charge on any atom is 0.327 e.